The minimum Gasteiger partial charge on any atom is -0.461 e. The third kappa shape index (κ3) is 4.14. The molecule has 0 unspecified atom stereocenters. The number of esters is 1. The fourth-order valence-electron chi connectivity index (χ4n) is 1.07. The van der Waals surface area contributed by atoms with Gasteiger partial charge < -0.3 is 14.5 Å². The van der Waals surface area contributed by atoms with Crippen LogP contribution < -0.4 is 5.32 Å². The average Bonchev–Trinajstić information content (AvgIpc) is 2.73. The molecular formula is C10H16N2O3S. The molecule has 1 N–H and O–H groups in total. The smallest absolute Gasteiger partial charge is 0.360 e. The first-order chi connectivity index (χ1) is 7.77. The molecule has 0 amide bonds. The molecule has 0 aliphatic heterocycles. The molecule has 1 aromatic rings. The van der Waals surface area contributed by atoms with Crippen molar-refractivity contribution in [2.24, 2.45) is 0 Å². The van der Waals surface area contributed by atoms with E-state index in [4.69, 9.17) is 9.15 Å². The van der Waals surface area contributed by atoms with Crippen molar-refractivity contribution >= 4 is 23.7 Å². The molecule has 16 heavy (non-hydrogen) atoms. The maximum Gasteiger partial charge on any atom is 0.360 e. The number of nitrogens with one attached hydrogen (secondary N) is 1. The fraction of sp³-hybridized carbons (Fsp3) is 0.600. The van der Waals surface area contributed by atoms with Crippen LogP contribution in [0.3, 0.4) is 0 Å². The van der Waals surface area contributed by atoms with Crippen molar-refractivity contribution in [2.75, 3.05) is 30.5 Å². The molecule has 0 bridgehead atoms. The van der Waals surface area contributed by atoms with Gasteiger partial charge in [0, 0.05) is 6.54 Å². The van der Waals surface area contributed by atoms with Crippen molar-refractivity contribution in [1.29, 1.82) is 0 Å². The summed E-state index contributed by atoms with van der Waals surface area (Å²) in [5.41, 5.74) is 0.203. The first-order valence-corrected chi connectivity index (χ1v) is 6.52. The third-order valence-corrected chi connectivity index (χ3v) is 2.49. The summed E-state index contributed by atoms with van der Waals surface area (Å²) >= 11 is 1.79. The lowest BCUT2D eigenvalue weighted by Gasteiger charge is -1.99. The molecule has 1 heterocycles. The van der Waals surface area contributed by atoms with E-state index in [1.54, 1.807) is 18.7 Å². The Balaban J connectivity index is 2.36. The van der Waals surface area contributed by atoms with Gasteiger partial charge in [-0.3, -0.25) is 0 Å². The van der Waals surface area contributed by atoms with E-state index < -0.39 is 5.97 Å². The molecule has 1 aromatic heterocycles. The minimum atomic E-state index is -0.455. The van der Waals surface area contributed by atoms with Gasteiger partial charge in [-0.05, 0) is 25.4 Å². The zero-order chi connectivity index (χ0) is 11.8. The minimum absolute atomic E-state index is 0.203. The number of rotatable bonds is 7. The molecule has 0 saturated heterocycles. The second-order valence-corrected chi connectivity index (χ2v) is 4.02. The van der Waals surface area contributed by atoms with E-state index in [0.717, 1.165) is 18.7 Å². The van der Waals surface area contributed by atoms with Crippen molar-refractivity contribution in [2.45, 2.75) is 13.3 Å². The van der Waals surface area contributed by atoms with E-state index in [0.29, 0.717) is 12.6 Å². The highest BCUT2D eigenvalue weighted by Gasteiger charge is 2.12. The van der Waals surface area contributed by atoms with Crippen LogP contribution in [0.4, 0.5) is 6.01 Å². The van der Waals surface area contributed by atoms with Gasteiger partial charge in [-0.15, -0.1) is 0 Å². The highest BCUT2D eigenvalue weighted by molar-refractivity contribution is 7.98. The van der Waals surface area contributed by atoms with Crippen LogP contribution in [0, 0.1) is 0 Å². The lowest BCUT2D eigenvalue weighted by atomic mass is 10.5. The molecule has 90 valence electrons. The Morgan fingerprint density at radius 1 is 1.69 bits per heavy atom. The fourth-order valence-corrected chi connectivity index (χ4v) is 1.50. The highest BCUT2D eigenvalue weighted by Crippen LogP contribution is 2.08. The van der Waals surface area contributed by atoms with Crippen LogP contribution in [0.5, 0.6) is 0 Å². The molecular weight excluding hydrogens is 228 g/mol. The van der Waals surface area contributed by atoms with Crippen LogP contribution >= 0.6 is 11.8 Å². The number of carbonyl (C=O) groups is 1. The van der Waals surface area contributed by atoms with E-state index >= 15 is 0 Å². The normalized spacial score (nSPS) is 10.1. The van der Waals surface area contributed by atoms with Crippen molar-refractivity contribution < 1.29 is 13.9 Å². The standard InChI is InChI=1S/C10H16N2O3S/c1-3-14-9(13)8-7-15-10(12-8)11-5-4-6-16-2/h7H,3-6H2,1-2H3,(H,11,12). The van der Waals surface area contributed by atoms with Gasteiger partial charge in [0.2, 0.25) is 0 Å². The van der Waals surface area contributed by atoms with E-state index in [1.165, 1.54) is 6.26 Å². The van der Waals surface area contributed by atoms with Gasteiger partial charge in [-0.2, -0.15) is 16.7 Å². The maximum absolute atomic E-state index is 11.3. The van der Waals surface area contributed by atoms with Gasteiger partial charge in [0.1, 0.15) is 6.26 Å². The molecule has 0 radical (unpaired) electrons. The SMILES string of the molecule is CCOC(=O)c1coc(NCCCSC)n1. The number of carbonyl (C=O) groups excluding carboxylic acids is 1. The van der Waals surface area contributed by atoms with Crippen molar-refractivity contribution in [3.05, 3.63) is 12.0 Å². The van der Waals surface area contributed by atoms with Crippen LogP contribution in [0.2, 0.25) is 0 Å². The van der Waals surface area contributed by atoms with Gasteiger partial charge in [0.05, 0.1) is 6.61 Å². The van der Waals surface area contributed by atoms with Gasteiger partial charge in [-0.1, -0.05) is 0 Å². The Bertz CT molecular complexity index is 328. The van der Waals surface area contributed by atoms with E-state index in [1.807, 2.05) is 0 Å². The van der Waals surface area contributed by atoms with Gasteiger partial charge in [0.25, 0.3) is 6.01 Å². The van der Waals surface area contributed by atoms with Crippen molar-refractivity contribution in [1.82, 2.24) is 4.98 Å². The van der Waals surface area contributed by atoms with Gasteiger partial charge in [-0.25, -0.2) is 4.79 Å². The predicted molar refractivity (Wildman–Crippen MR) is 63.9 cm³/mol. The summed E-state index contributed by atoms with van der Waals surface area (Å²) in [4.78, 5) is 15.2. The average molecular weight is 244 g/mol. The van der Waals surface area contributed by atoms with Gasteiger partial charge >= 0.3 is 5.97 Å². The lowest BCUT2D eigenvalue weighted by Crippen LogP contribution is -2.06. The molecule has 0 atom stereocenters. The Kier molecular flexibility index (Phi) is 5.77. The zero-order valence-electron chi connectivity index (χ0n) is 9.49. The first kappa shape index (κ1) is 12.9. The van der Waals surface area contributed by atoms with Crippen molar-refractivity contribution in [3.8, 4) is 0 Å². The summed E-state index contributed by atoms with van der Waals surface area (Å²) in [5.74, 6) is 0.627. The van der Waals surface area contributed by atoms with E-state index in [-0.39, 0.29) is 5.69 Å². The first-order valence-electron chi connectivity index (χ1n) is 5.13. The van der Waals surface area contributed by atoms with Crippen LogP contribution in [0.25, 0.3) is 0 Å². The number of oxazole rings is 1. The molecule has 0 aromatic carbocycles. The summed E-state index contributed by atoms with van der Waals surface area (Å²) in [6, 6.07) is 0.365. The van der Waals surface area contributed by atoms with Crippen LogP contribution in [-0.4, -0.2) is 36.1 Å². The monoisotopic (exact) mass is 244 g/mol. The van der Waals surface area contributed by atoms with Crippen molar-refractivity contribution in [3.63, 3.8) is 0 Å². The predicted octanol–water partition coefficient (Wildman–Crippen LogP) is 2.02. The molecule has 0 aliphatic rings. The molecule has 0 saturated carbocycles. The Morgan fingerprint density at radius 2 is 2.50 bits per heavy atom. The zero-order valence-corrected chi connectivity index (χ0v) is 10.3. The molecule has 0 aliphatic carbocycles. The number of ether oxygens (including phenoxy) is 1. The second kappa shape index (κ2) is 7.16. The Morgan fingerprint density at radius 3 is 3.19 bits per heavy atom. The molecule has 6 heteroatoms. The number of hydrogen-bond donors (Lipinski definition) is 1. The largest absolute Gasteiger partial charge is 0.461 e. The summed E-state index contributed by atoms with van der Waals surface area (Å²) in [5, 5.41) is 3.00. The van der Waals surface area contributed by atoms with E-state index in [9.17, 15) is 4.79 Å². The highest BCUT2D eigenvalue weighted by atomic mass is 32.2. The van der Waals surface area contributed by atoms with Crippen LogP contribution in [0.15, 0.2) is 10.7 Å². The molecule has 0 fully saturated rings. The summed E-state index contributed by atoms with van der Waals surface area (Å²) in [6.45, 7) is 2.87. The summed E-state index contributed by atoms with van der Waals surface area (Å²) < 4.78 is 9.87. The molecule has 5 nitrogen and oxygen atoms in total. The van der Waals surface area contributed by atoms with Crippen LogP contribution in [-0.2, 0) is 4.74 Å². The quantitative estimate of drug-likeness (QED) is 0.584. The summed E-state index contributed by atoms with van der Waals surface area (Å²) in [6.07, 6.45) is 4.39. The topological polar surface area (TPSA) is 64.4 Å². The van der Waals surface area contributed by atoms with Gasteiger partial charge in [0.15, 0.2) is 5.69 Å². The number of hydrogen-bond acceptors (Lipinski definition) is 6. The number of aromatic nitrogens is 1. The lowest BCUT2D eigenvalue weighted by molar-refractivity contribution is 0.0519. The van der Waals surface area contributed by atoms with E-state index in [2.05, 4.69) is 16.6 Å². The van der Waals surface area contributed by atoms with Crippen LogP contribution in [0.1, 0.15) is 23.8 Å². The number of thioether (sulfide) groups is 1. The summed E-state index contributed by atoms with van der Waals surface area (Å²) in [7, 11) is 0. The Hall–Kier alpha value is -1.17. The third-order valence-electron chi connectivity index (χ3n) is 1.79. The number of nitrogens with zero attached hydrogens (tertiary/aromatic N) is 1. The number of anilines is 1. The Labute approximate surface area is 98.9 Å². The maximum atomic E-state index is 11.3. The molecule has 0 spiro atoms. The second-order valence-electron chi connectivity index (χ2n) is 3.03. The molecule has 1 rings (SSSR count).